The fourth-order valence-corrected chi connectivity index (χ4v) is 1.84. The summed E-state index contributed by atoms with van der Waals surface area (Å²) in [6.07, 6.45) is 3.04. The predicted molar refractivity (Wildman–Crippen MR) is 66.8 cm³/mol. The van der Waals surface area contributed by atoms with Crippen LogP contribution >= 0.6 is 0 Å². The normalized spacial score (nSPS) is 12.9. The van der Waals surface area contributed by atoms with Gasteiger partial charge in [0.15, 0.2) is 0 Å². The van der Waals surface area contributed by atoms with Crippen molar-refractivity contribution in [2.45, 2.75) is 26.3 Å². The molecule has 0 amide bonds. The molecule has 2 rings (SSSR count). The van der Waals surface area contributed by atoms with E-state index in [1.54, 1.807) is 0 Å². The number of aryl methyl sites for hydroxylation is 2. The van der Waals surface area contributed by atoms with Gasteiger partial charge in [0.05, 0.1) is 5.69 Å². The average molecular weight is 233 g/mol. The molecular weight excluding hydrogens is 214 g/mol. The smallest absolute Gasteiger partial charge is 0.127 e. The van der Waals surface area contributed by atoms with Crippen LogP contribution < -0.4 is 5.32 Å². The molecule has 0 fully saturated rings. The van der Waals surface area contributed by atoms with Crippen LogP contribution in [0.5, 0.6) is 0 Å². The summed E-state index contributed by atoms with van der Waals surface area (Å²) in [5.74, 6) is 1.86. The Morgan fingerprint density at radius 2 is 2.24 bits per heavy atom. The van der Waals surface area contributed by atoms with Gasteiger partial charge in [-0.1, -0.05) is 6.92 Å². The zero-order chi connectivity index (χ0) is 12.3. The first-order chi connectivity index (χ1) is 8.20. The van der Waals surface area contributed by atoms with Crippen molar-refractivity contribution in [3.63, 3.8) is 0 Å². The van der Waals surface area contributed by atoms with Gasteiger partial charge < -0.3 is 9.73 Å². The van der Waals surface area contributed by atoms with Gasteiger partial charge in [0.1, 0.15) is 17.6 Å². The van der Waals surface area contributed by atoms with Gasteiger partial charge in [-0.3, -0.25) is 4.68 Å². The third kappa shape index (κ3) is 2.77. The van der Waals surface area contributed by atoms with Crippen LogP contribution in [0.15, 0.2) is 28.8 Å². The Hall–Kier alpha value is -1.55. The average Bonchev–Trinajstić information content (AvgIpc) is 2.89. The monoisotopic (exact) mass is 233 g/mol. The Kier molecular flexibility index (Phi) is 3.64. The van der Waals surface area contributed by atoms with Gasteiger partial charge >= 0.3 is 0 Å². The van der Waals surface area contributed by atoms with Crippen LogP contribution in [0.3, 0.4) is 0 Å². The summed E-state index contributed by atoms with van der Waals surface area (Å²) in [5, 5.41) is 7.90. The molecule has 1 unspecified atom stereocenters. The van der Waals surface area contributed by atoms with E-state index in [1.165, 1.54) is 0 Å². The zero-order valence-electron chi connectivity index (χ0n) is 10.6. The van der Waals surface area contributed by atoms with Crippen LogP contribution in [0.4, 0.5) is 0 Å². The maximum Gasteiger partial charge on any atom is 0.127 e. The Balaban J connectivity index is 2.24. The summed E-state index contributed by atoms with van der Waals surface area (Å²) in [6, 6.07) is 6.06. The first kappa shape index (κ1) is 11.9. The lowest BCUT2D eigenvalue weighted by atomic mass is 10.1. The molecule has 2 aromatic heterocycles. The lowest BCUT2D eigenvalue weighted by Crippen LogP contribution is -2.23. The first-order valence-corrected chi connectivity index (χ1v) is 6.00. The van der Waals surface area contributed by atoms with Crippen molar-refractivity contribution in [3.8, 4) is 0 Å². The summed E-state index contributed by atoms with van der Waals surface area (Å²) >= 11 is 0. The second-order valence-electron chi connectivity index (χ2n) is 4.25. The molecule has 0 bridgehead atoms. The van der Waals surface area contributed by atoms with Gasteiger partial charge in [-0.25, -0.2) is 0 Å². The molecule has 17 heavy (non-hydrogen) atoms. The van der Waals surface area contributed by atoms with Crippen LogP contribution in [-0.2, 0) is 7.05 Å². The summed E-state index contributed by atoms with van der Waals surface area (Å²) in [4.78, 5) is 0. The van der Waals surface area contributed by atoms with Crippen molar-refractivity contribution in [2.75, 3.05) is 6.54 Å². The quantitative estimate of drug-likeness (QED) is 0.862. The summed E-state index contributed by atoms with van der Waals surface area (Å²) < 4.78 is 7.51. The van der Waals surface area contributed by atoms with Gasteiger partial charge in [0.25, 0.3) is 0 Å². The number of hydrogen-bond acceptors (Lipinski definition) is 3. The van der Waals surface area contributed by atoms with Crippen LogP contribution in [0.25, 0.3) is 0 Å². The highest BCUT2D eigenvalue weighted by Gasteiger charge is 2.18. The molecule has 0 aliphatic carbocycles. The standard InChI is InChI=1S/C13H19N3O/c1-4-8-14-13(11-7-9-16(3)15-11)12-6-5-10(2)17-12/h5-7,9,13-14H,4,8H2,1-3H3. The third-order valence-electron chi connectivity index (χ3n) is 2.67. The Morgan fingerprint density at radius 3 is 2.76 bits per heavy atom. The van der Waals surface area contributed by atoms with Crippen molar-refractivity contribution in [1.82, 2.24) is 15.1 Å². The van der Waals surface area contributed by atoms with E-state index in [9.17, 15) is 0 Å². The largest absolute Gasteiger partial charge is 0.464 e. The maximum atomic E-state index is 5.69. The summed E-state index contributed by atoms with van der Waals surface area (Å²) in [7, 11) is 1.92. The van der Waals surface area contributed by atoms with Crippen LogP contribution in [-0.4, -0.2) is 16.3 Å². The summed E-state index contributed by atoms with van der Waals surface area (Å²) in [6.45, 7) is 5.05. The Labute approximate surface area is 102 Å². The highest BCUT2D eigenvalue weighted by molar-refractivity contribution is 5.20. The van der Waals surface area contributed by atoms with E-state index in [0.29, 0.717) is 0 Å². The molecule has 0 aliphatic rings. The fourth-order valence-electron chi connectivity index (χ4n) is 1.84. The molecule has 2 aromatic rings. The van der Waals surface area contributed by atoms with E-state index < -0.39 is 0 Å². The second-order valence-corrected chi connectivity index (χ2v) is 4.25. The van der Waals surface area contributed by atoms with Crippen molar-refractivity contribution in [3.05, 3.63) is 41.6 Å². The van der Waals surface area contributed by atoms with E-state index in [1.807, 2.05) is 43.0 Å². The minimum atomic E-state index is 0.0462. The molecule has 0 aliphatic heterocycles. The highest BCUT2D eigenvalue weighted by atomic mass is 16.3. The van der Waals surface area contributed by atoms with Gasteiger partial charge in [-0.15, -0.1) is 0 Å². The van der Waals surface area contributed by atoms with Gasteiger partial charge in [-0.2, -0.15) is 5.10 Å². The van der Waals surface area contributed by atoms with E-state index >= 15 is 0 Å². The molecule has 0 saturated carbocycles. The van der Waals surface area contributed by atoms with Gasteiger partial charge in [0, 0.05) is 13.2 Å². The van der Waals surface area contributed by atoms with Crippen molar-refractivity contribution < 1.29 is 4.42 Å². The van der Waals surface area contributed by atoms with Crippen LogP contribution in [0.1, 0.15) is 36.6 Å². The number of furan rings is 1. The number of nitrogens with one attached hydrogen (secondary N) is 1. The predicted octanol–water partition coefficient (Wildman–Crippen LogP) is 2.41. The van der Waals surface area contributed by atoms with E-state index in [0.717, 1.165) is 30.2 Å². The summed E-state index contributed by atoms with van der Waals surface area (Å²) in [5.41, 5.74) is 0.996. The molecule has 0 spiro atoms. The van der Waals surface area contributed by atoms with Crippen molar-refractivity contribution in [1.29, 1.82) is 0 Å². The van der Waals surface area contributed by atoms with Crippen LogP contribution in [0, 0.1) is 6.92 Å². The molecule has 4 heteroatoms. The van der Waals surface area contributed by atoms with Gasteiger partial charge in [-0.05, 0) is 38.1 Å². The number of rotatable bonds is 5. The SMILES string of the molecule is CCCNC(c1ccn(C)n1)c1ccc(C)o1. The van der Waals surface area contributed by atoms with E-state index in [-0.39, 0.29) is 6.04 Å². The van der Waals surface area contributed by atoms with Crippen LogP contribution in [0.2, 0.25) is 0 Å². The van der Waals surface area contributed by atoms with Crippen molar-refractivity contribution >= 4 is 0 Å². The maximum absolute atomic E-state index is 5.69. The molecule has 0 aromatic carbocycles. The van der Waals surface area contributed by atoms with E-state index in [4.69, 9.17) is 4.42 Å². The molecule has 0 radical (unpaired) electrons. The molecule has 1 atom stereocenters. The Morgan fingerprint density at radius 1 is 1.41 bits per heavy atom. The minimum absolute atomic E-state index is 0.0462. The molecular formula is C13H19N3O. The topological polar surface area (TPSA) is 43.0 Å². The lowest BCUT2D eigenvalue weighted by molar-refractivity contribution is 0.424. The zero-order valence-corrected chi connectivity index (χ0v) is 10.6. The van der Waals surface area contributed by atoms with E-state index in [2.05, 4.69) is 17.3 Å². The molecule has 0 saturated heterocycles. The van der Waals surface area contributed by atoms with Gasteiger partial charge in [0.2, 0.25) is 0 Å². The fraction of sp³-hybridized carbons (Fsp3) is 0.462. The number of nitrogens with zero attached hydrogens (tertiary/aromatic N) is 2. The molecule has 1 N–H and O–H groups in total. The van der Waals surface area contributed by atoms with Crippen molar-refractivity contribution in [2.24, 2.45) is 7.05 Å². The minimum Gasteiger partial charge on any atom is -0.464 e. The highest BCUT2D eigenvalue weighted by Crippen LogP contribution is 2.22. The number of aromatic nitrogens is 2. The number of hydrogen-bond donors (Lipinski definition) is 1. The Bertz CT molecular complexity index is 432. The molecule has 4 nitrogen and oxygen atoms in total. The first-order valence-electron chi connectivity index (χ1n) is 6.00. The second kappa shape index (κ2) is 5.19. The molecule has 2 heterocycles. The lowest BCUT2D eigenvalue weighted by Gasteiger charge is -2.13. The third-order valence-corrected chi connectivity index (χ3v) is 2.67. The molecule has 92 valence electrons.